The van der Waals surface area contributed by atoms with Crippen molar-refractivity contribution in [1.82, 2.24) is 9.55 Å². The maximum Gasteiger partial charge on any atom is 0.236 e. The molecule has 0 amide bonds. The molecule has 5 nitrogen and oxygen atoms in total. The number of rotatable bonds is 1. The van der Waals surface area contributed by atoms with Crippen LogP contribution < -0.4 is 0 Å². The Hall–Kier alpha value is -3.08. The zero-order valence-corrected chi connectivity index (χ0v) is 11.8. The summed E-state index contributed by atoms with van der Waals surface area (Å²) in [5, 5.41) is 10.8. The van der Waals surface area contributed by atoms with E-state index in [-0.39, 0.29) is 11.7 Å². The van der Waals surface area contributed by atoms with E-state index in [1.54, 1.807) is 24.3 Å². The Kier molecular flexibility index (Phi) is 2.56. The number of phenols is 1. The third-order valence-electron chi connectivity index (χ3n) is 3.66. The Morgan fingerprint density at radius 3 is 2.64 bits per heavy atom. The lowest BCUT2D eigenvalue weighted by atomic mass is 10.2. The average Bonchev–Trinajstić information content (AvgIpc) is 3.04. The molecule has 2 aromatic carbocycles. The molecule has 0 atom stereocenters. The Morgan fingerprint density at radius 2 is 1.86 bits per heavy atom. The molecule has 1 N–H and O–H groups in total. The molecule has 0 aliphatic heterocycles. The monoisotopic (exact) mass is 292 g/mol. The molecule has 0 saturated heterocycles. The molecular formula is C17H12N2O3. The molecule has 108 valence electrons. The summed E-state index contributed by atoms with van der Waals surface area (Å²) < 4.78 is 7.28. The number of carbonyl (C=O) groups excluding carboxylic acids is 1. The number of hydrogen-bond acceptors (Lipinski definition) is 4. The summed E-state index contributed by atoms with van der Waals surface area (Å²) >= 11 is 0. The van der Waals surface area contributed by atoms with Gasteiger partial charge in [0.25, 0.3) is 0 Å². The van der Waals surface area contributed by atoms with Gasteiger partial charge in [0, 0.05) is 12.3 Å². The van der Waals surface area contributed by atoms with Crippen LogP contribution in [0.2, 0.25) is 0 Å². The number of carbonyl (C=O) groups is 1. The van der Waals surface area contributed by atoms with Crippen molar-refractivity contribution < 1.29 is 14.3 Å². The van der Waals surface area contributed by atoms with Gasteiger partial charge in [-0.2, -0.15) is 0 Å². The highest BCUT2D eigenvalue weighted by Gasteiger charge is 2.21. The van der Waals surface area contributed by atoms with Crippen LogP contribution in [0, 0.1) is 0 Å². The van der Waals surface area contributed by atoms with Crippen molar-refractivity contribution in [3.8, 4) is 17.2 Å². The minimum Gasteiger partial charge on any atom is -0.507 e. The number of oxazole rings is 1. The van der Waals surface area contributed by atoms with E-state index in [1.165, 1.54) is 11.5 Å². The first-order valence-electron chi connectivity index (χ1n) is 6.86. The minimum atomic E-state index is -0.147. The quantitative estimate of drug-likeness (QED) is 0.579. The highest BCUT2D eigenvalue weighted by molar-refractivity contribution is 6.10. The zero-order chi connectivity index (χ0) is 15.3. The molecule has 0 fully saturated rings. The molecule has 0 aliphatic carbocycles. The largest absolute Gasteiger partial charge is 0.507 e. The van der Waals surface area contributed by atoms with Crippen LogP contribution in [0.3, 0.4) is 0 Å². The van der Waals surface area contributed by atoms with Gasteiger partial charge < -0.3 is 9.52 Å². The molecule has 0 aliphatic rings. The first kappa shape index (κ1) is 12.6. The Morgan fingerprint density at radius 1 is 1.14 bits per heavy atom. The molecule has 22 heavy (non-hydrogen) atoms. The number of aromatic nitrogens is 2. The molecule has 2 aromatic heterocycles. The second-order valence-corrected chi connectivity index (χ2v) is 5.06. The maximum absolute atomic E-state index is 12.0. The van der Waals surface area contributed by atoms with Gasteiger partial charge in [0.1, 0.15) is 11.3 Å². The Balaban J connectivity index is 2.09. The standard InChI is InChI=1S/C17H12N2O3/c1-10(20)19-13-8-4-2-6-11(13)15-17(19)22-16(18-15)12-7-3-5-9-14(12)21/h2-9,21H,1H3. The second kappa shape index (κ2) is 4.46. The summed E-state index contributed by atoms with van der Waals surface area (Å²) in [4.78, 5) is 16.4. The third-order valence-corrected chi connectivity index (χ3v) is 3.66. The van der Waals surface area contributed by atoms with Gasteiger partial charge in [0.05, 0.1) is 11.1 Å². The van der Waals surface area contributed by atoms with Crippen LogP contribution in [0.1, 0.15) is 11.7 Å². The highest BCUT2D eigenvalue weighted by Crippen LogP contribution is 2.35. The second-order valence-electron chi connectivity index (χ2n) is 5.06. The molecule has 0 unspecified atom stereocenters. The molecule has 5 heteroatoms. The normalized spacial score (nSPS) is 11.3. The fraction of sp³-hybridized carbons (Fsp3) is 0.0588. The van der Waals surface area contributed by atoms with Gasteiger partial charge in [-0.15, -0.1) is 0 Å². The first-order valence-corrected chi connectivity index (χ1v) is 6.86. The fourth-order valence-corrected chi connectivity index (χ4v) is 2.70. The SMILES string of the molecule is CC(=O)n1c2ccccc2c2nc(-c3ccccc3O)oc21. The molecule has 0 saturated carbocycles. The summed E-state index contributed by atoms with van der Waals surface area (Å²) in [6.07, 6.45) is 0. The van der Waals surface area contributed by atoms with Gasteiger partial charge in [-0.25, -0.2) is 9.55 Å². The van der Waals surface area contributed by atoms with Crippen LogP contribution in [0.25, 0.3) is 33.6 Å². The van der Waals surface area contributed by atoms with E-state index in [2.05, 4.69) is 4.98 Å². The van der Waals surface area contributed by atoms with Crippen molar-refractivity contribution in [2.45, 2.75) is 6.92 Å². The van der Waals surface area contributed by atoms with Crippen LogP contribution in [0.5, 0.6) is 5.75 Å². The fourth-order valence-electron chi connectivity index (χ4n) is 2.70. The number of para-hydroxylation sites is 2. The van der Waals surface area contributed by atoms with Crippen molar-refractivity contribution in [2.75, 3.05) is 0 Å². The van der Waals surface area contributed by atoms with Gasteiger partial charge in [-0.05, 0) is 18.2 Å². The summed E-state index contributed by atoms with van der Waals surface area (Å²) in [7, 11) is 0. The van der Waals surface area contributed by atoms with Crippen molar-refractivity contribution >= 4 is 28.0 Å². The van der Waals surface area contributed by atoms with Gasteiger partial charge in [-0.3, -0.25) is 4.79 Å². The smallest absolute Gasteiger partial charge is 0.236 e. The lowest BCUT2D eigenvalue weighted by Crippen LogP contribution is -2.03. The molecule has 0 radical (unpaired) electrons. The van der Waals surface area contributed by atoms with Crippen molar-refractivity contribution in [2.24, 2.45) is 0 Å². The van der Waals surface area contributed by atoms with E-state index >= 15 is 0 Å². The lowest BCUT2D eigenvalue weighted by Gasteiger charge is -2.01. The third kappa shape index (κ3) is 1.65. The van der Waals surface area contributed by atoms with E-state index < -0.39 is 0 Å². The van der Waals surface area contributed by atoms with Crippen LogP contribution in [-0.2, 0) is 0 Å². The van der Waals surface area contributed by atoms with Gasteiger partial charge >= 0.3 is 0 Å². The van der Waals surface area contributed by atoms with E-state index in [1.807, 2.05) is 24.3 Å². The summed E-state index contributed by atoms with van der Waals surface area (Å²) in [6.45, 7) is 1.48. The topological polar surface area (TPSA) is 68.3 Å². The van der Waals surface area contributed by atoms with Crippen LogP contribution >= 0.6 is 0 Å². The minimum absolute atomic E-state index is 0.0880. The number of phenolic OH excluding ortho intramolecular Hbond substituents is 1. The van der Waals surface area contributed by atoms with Gasteiger partial charge in [0.2, 0.25) is 17.5 Å². The predicted molar refractivity (Wildman–Crippen MR) is 82.9 cm³/mol. The van der Waals surface area contributed by atoms with Crippen LogP contribution in [0.4, 0.5) is 0 Å². The number of nitrogens with zero attached hydrogens (tertiary/aromatic N) is 2. The maximum atomic E-state index is 12.0. The first-order chi connectivity index (χ1) is 10.7. The molecule has 4 aromatic rings. The Labute approximate surface area is 125 Å². The van der Waals surface area contributed by atoms with E-state index in [4.69, 9.17) is 4.42 Å². The summed E-state index contributed by atoms with van der Waals surface area (Å²) in [5.74, 6) is 0.236. The van der Waals surface area contributed by atoms with Crippen molar-refractivity contribution in [3.63, 3.8) is 0 Å². The lowest BCUT2D eigenvalue weighted by molar-refractivity contribution is 0.0943. The van der Waals surface area contributed by atoms with E-state index in [9.17, 15) is 9.90 Å². The van der Waals surface area contributed by atoms with Gasteiger partial charge in [0.15, 0.2) is 0 Å². The molecule has 0 bridgehead atoms. The Bertz CT molecular complexity index is 1030. The summed E-state index contributed by atoms with van der Waals surface area (Å²) in [5.41, 5.74) is 2.27. The average molecular weight is 292 g/mol. The molecular weight excluding hydrogens is 280 g/mol. The van der Waals surface area contributed by atoms with Gasteiger partial charge in [-0.1, -0.05) is 30.3 Å². The number of benzene rings is 2. The highest BCUT2D eigenvalue weighted by atomic mass is 16.4. The van der Waals surface area contributed by atoms with E-state index in [0.717, 1.165) is 10.9 Å². The number of aromatic hydroxyl groups is 1. The number of hydrogen-bond donors (Lipinski definition) is 1. The zero-order valence-electron chi connectivity index (χ0n) is 11.8. The number of fused-ring (bicyclic) bond motifs is 3. The van der Waals surface area contributed by atoms with E-state index in [0.29, 0.717) is 22.7 Å². The summed E-state index contributed by atoms with van der Waals surface area (Å²) in [6, 6.07) is 14.3. The van der Waals surface area contributed by atoms with Crippen LogP contribution in [0.15, 0.2) is 52.9 Å². The predicted octanol–water partition coefficient (Wildman–Crippen LogP) is 3.82. The molecule has 0 spiro atoms. The van der Waals surface area contributed by atoms with Crippen molar-refractivity contribution in [1.29, 1.82) is 0 Å². The van der Waals surface area contributed by atoms with Crippen LogP contribution in [-0.4, -0.2) is 20.6 Å². The molecule has 2 heterocycles. The van der Waals surface area contributed by atoms with Crippen molar-refractivity contribution in [3.05, 3.63) is 48.5 Å². The molecule has 4 rings (SSSR count).